The minimum atomic E-state index is -4.52. The molecule has 30 heavy (non-hydrogen) atoms. The molecule has 1 atom stereocenters. The fraction of sp³-hybridized carbons (Fsp3) is 0.143. The van der Waals surface area contributed by atoms with Gasteiger partial charge in [0.25, 0.3) is 5.91 Å². The Hall–Kier alpha value is -3.62. The van der Waals surface area contributed by atoms with E-state index in [0.717, 1.165) is 18.2 Å². The highest BCUT2D eigenvalue weighted by molar-refractivity contribution is 5.96. The van der Waals surface area contributed by atoms with Crippen molar-refractivity contribution >= 4 is 17.6 Å². The molecule has 0 spiro atoms. The van der Waals surface area contributed by atoms with Crippen LogP contribution in [-0.4, -0.2) is 18.0 Å². The van der Waals surface area contributed by atoms with E-state index in [1.807, 2.05) is 0 Å². The summed E-state index contributed by atoms with van der Waals surface area (Å²) in [6, 6.07) is 12.4. The molecule has 2 aromatic carbocycles. The molecule has 9 heteroatoms. The van der Waals surface area contributed by atoms with Crippen LogP contribution in [0.5, 0.6) is 0 Å². The maximum atomic E-state index is 13.6. The molecule has 0 saturated carbocycles. The van der Waals surface area contributed by atoms with Gasteiger partial charge in [-0.3, -0.25) is 4.79 Å². The van der Waals surface area contributed by atoms with Crippen LogP contribution in [0.3, 0.4) is 0 Å². The molecule has 1 heterocycles. The summed E-state index contributed by atoms with van der Waals surface area (Å²) in [6.07, 6.45) is -5.80. The molecular formula is C21H15F4NO4. The highest BCUT2D eigenvalue weighted by Gasteiger charge is 2.31. The van der Waals surface area contributed by atoms with E-state index in [1.54, 1.807) is 0 Å². The number of halogens is 4. The third kappa shape index (κ3) is 4.86. The molecule has 3 rings (SSSR count). The highest BCUT2D eigenvalue weighted by Crippen LogP contribution is 2.32. The Labute approximate surface area is 168 Å². The lowest BCUT2D eigenvalue weighted by atomic mass is 10.1. The smallest absolute Gasteiger partial charge is 0.416 e. The van der Waals surface area contributed by atoms with E-state index in [4.69, 9.17) is 9.15 Å². The molecule has 0 radical (unpaired) electrons. The number of hydrogen-bond acceptors (Lipinski definition) is 4. The molecule has 0 fully saturated rings. The summed E-state index contributed by atoms with van der Waals surface area (Å²) in [5.41, 5.74) is -0.816. The third-order valence-electron chi connectivity index (χ3n) is 4.07. The van der Waals surface area contributed by atoms with Crippen LogP contribution >= 0.6 is 0 Å². The predicted molar refractivity (Wildman–Crippen MR) is 99.1 cm³/mol. The number of esters is 1. The van der Waals surface area contributed by atoms with Crippen LogP contribution in [0.15, 0.2) is 65.1 Å². The van der Waals surface area contributed by atoms with E-state index < -0.39 is 35.5 Å². The van der Waals surface area contributed by atoms with Gasteiger partial charge in [-0.25, -0.2) is 9.18 Å². The number of furan rings is 1. The zero-order valence-electron chi connectivity index (χ0n) is 15.5. The summed E-state index contributed by atoms with van der Waals surface area (Å²) in [4.78, 5) is 24.3. The normalized spacial score (nSPS) is 12.3. The first-order valence-corrected chi connectivity index (χ1v) is 8.69. The molecular weight excluding hydrogens is 406 g/mol. The number of para-hydroxylation sites is 1. The molecule has 1 N–H and O–H groups in total. The van der Waals surface area contributed by atoms with Crippen LogP contribution in [0.4, 0.5) is 23.2 Å². The second kappa shape index (κ2) is 8.40. The third-order valence-corrected chi connectivity index (χ3v) is 4.07. The average Bonchev–Trinajstić information content (AvgIpc) is 3.19. The van der Waals surface area contributed by atoms with Gasteiger partial charge in [-0.2, -0.15) is 13.2 Å². The van der Waals surface area contributed by atoms with Crippen molar-refractivity contribution in [1.82, 2.24) is 0 Å². The van der Waals surface area contributed by atoms with Gasteiger partial charge in [-0.15, -0.1) is 0 Å². The minimum Gasteiger partial charge on any atom is -0.449 e. The summed E-state index contributed by atoms with van der Waals surface area (Å²) in [5, 5.41) is 2.29. The molecule has 5 nitrogen and oxygen atoms in total. The lowest BCUT2D eigenvalue weighted by molar-refractivity contribution is -0.137. The van der Waals surface area contributed by atoms with E-state index in [2.05, 4.69) is 5.32 Å². The largest absolute Gasteiger partial charge is 0.449 e. The Morgan fingerprint density at radius 2 is 1.77 bits per heavy atom. The Balaban J connectivity index is 1.68. The molecule has 0 aliphatic heterocycles. The van der Waals surface area contributed by atoms with Crippen LogP contribution < -0.4 is 5.32 Å². The van der Waals surface area contributed by atoms with Crippen molar-refractivity contribution in [3.8, 4) is 11.3 Å². The van der Waals surface area contributed by atoms with Crippen molar-refractivity contribution in [3.05, 3.63) is 77.8 Å². The second-order valence-corrected chi connectivity index (χ2v) is 6.26. The Morgan fingerprint density at radius 1 is 1.03 bits per heavy atom. The van der Waals surface area contributed by atoms with Crippen molar-refractivity contribution in [1.29, 1.82) is 0 Å². The van der Waals surface area contributed by atoms with E-state index in [9.17, 15) is 27.2 Å². The zero-order chi connectivity index (χ0) is 21.9. The van der Waals surface area contributed by atoms with Crippen LogP contribution in [-0.2, 0) is 15.7 Å². The van der Waals surface area contributed by atoms with Crippen molar-refractivity contribution in [3.63, 3.8) is 0 Å². The molecule has 0 aliphatic rings. The zero-order valence-corrected chi connectivity index (χ0v) is 15.5. The lowest BCUT2D eigenvalue weighted by Crippen LogP contribution is -2.30. The van der Waals surface area contributed by atoms with E-state index in [1.165, 1.54) is 49.4 Å². The average molecular weight is 421 g/mol. The van der Waals surface area contributed by atoms with Gasteiger partial charge >= 0.3 is 12.1 Å². The van der Waals surface area contributed by atoms with Crippen molar-refractivity contribution < 1.29 is 36.3 Å². The number of amides is 1. The summed E-state index contributed by atoms with van der Waals surface area (Å²) in [6.45, 7) is 1.28. The molecule has 1 unspecified atom stereocenters. The highest BCUT2D eigenvalue weighted by atomic mass is 19.4. The first-order valence-electron chi connectivity index (χ1n) is 8.69. The van der Waals surface area contributed by atoms with Gasteiger partial charge in [-0.1, -0.05) is 24.3 Å². The number of rotatable bonds is 5. The maximum Gasteiger partial charge on any atom is 0.416 e. The minimum absolute atomic E-state index is 0.0245. The summed E-state index contributed by atoms with van der Waals surface area (Å²) < 4.78 is 62.4. The van der Waals surface area contributed by atoms with Crippen LogP contribution in [0.2, 0.25) is 0 Å². The molecule has 156 valence electrons. The summed E-state index contributed by atoms with van der Waals surface area (Å²) in [7, 11) is 0. The van der Waals surface area contributed by atoms with Gasteiger partial charge in [0.2, 0.25) is 5.76 Å². The first-order chi connectivity index (χ1) is 14.1. The summed E-state index contributed by atoms with van der Waals surface area (Å²) >= 11 is 0. The molecule has 0 saturated heterocycles. The van der Waals surface area contributed by atoms with Gasteiger partial charge in [0.1, 0.15) is 11.6 Å². The van der Waals surface area contributed by atoms with Crippen LogP contribution in [0, 0.1) is 5.82 Å². The van der Waals surface area contributed by atoms with Crippen molar-refractivity contribution in [2.45, 2.75) is 19.2 Å². The molecule has 0 bridgehead atoms. The molecule has 1 amide bonds. The van der Waals surface area contributed by atoms with Gasteiger partial charge in [0.05, 0.1) is 11.3 Å². The second-order valence-electron chi connectivity index (χ2n) is 6.26. The Morgan fingerprint density at radius 3 is 2.47 bits per heavy atom. The van der Waals surface area contributed by atoms with Crippen LogP contribution in [0.25, 0.3) is 11.3 Å². The maximum absolute atomic E-state index is 13.6. The monoisotopic (exact) mass is 421 g/mol. The predicted octanol–water partition coefficient (Wildman–Crippen LogP) is 5.29. The standard InChI is InChI=1S/C21H15F4NO4/c1-12(19(27)26-16-8-3-2-7-15(16)22)29-20(28)18-10-9-17(30-18)13-5-4-6-14(11-13)21(23,24)25/h2-12H,1H3,(H,26,27). The quantitative estimate of drug-likeness (QED) is 0.449. The Kier molecular flexibility index (Phi) is 5.91. The number of carbonyl (C=O) groups excluding carboxylic acids is 2. The van der Waals surface area contributed by atoms with Crippen molar-refractivity contribution in [2.75, 3.05) is 5.32 Å². The summed E-state index contributed by atoms with van der Waals surface area (Å²) in [5.74, 6) is -2.69. The van der Waals surface area contributed by atoms with Gasteiger partial charge in [0, 0.05) is 5.56 Å². The molecule has 3 aromatic rings. The van der Waals surface area contributed by atoms with Gasteiger partial charge in [-0.05, 0) is 43.3 Å². The number of benzene rings is 2. The Bertz CT molecular complexity index is 1070. The lowest BCUT2D eigenvalue weighted by Gasteiger charge is -2.13. The van der Waals surface area contributed by atoms with E-state index in [0.29, 0.717) is 0 Å². The number of nitrogens with one attached hydrogen (secondary N) is 1. The fourth-order valence-corrected chi connectivity index (χ4v) is 2.52. The van der Waals surface area contributed by atoms with Crippen LogP contribution in [0.1, 0.15) is 23.0 Å². The van der Waals surface area contributed by atoms with Gasteiger partial charge in [0.15, 0.2) is 6.10 Å². The fourth-order valence-electron chi connectivity index (χ4n) is 2.52. The van der Waals surface area contributed by atoms with Crippen molar-refractivity contribution in [2.24, 2.45) is 0 Å². The van der Waals surface area contributed by atoms with Gasteiger partial charge < -0.3 is 14.5 Å². The number of alkyl halides is 3. The SMILES string of the molecule is CC(OC(=O)c1ccc(-c2cccc(C(F)(F)F)c2)o1)C(=O)Nc1ccccc1F. The topological polar surface area (TPSA) is 68.5 Å². The van der Waals surface area contributed by atoms with E-state index in [-0.39, 0.29) is 22.8 Å². The number of carbonyl (C=O) groups is 2. The number of anilines is 1. The number of hydrogen-bond donors (Lipinski definition) is 1. The van der Waals surface area contributed by atoms with E-state index >= 15 is 0 Å². The molecule has 1 aromatic heterocycles. The molecule has 0 aliphatic carbocycles. The first kappa shape index (κ1) is 21.1. The number of ether oxygens (including phenoxy) is 1.